The van der Waals surface area contributed by atoms with Crippen molar-refractivity contribution in [2.24, 2.45) is 4.99 Å². The second-order valence-corrected chi connectivity index (χ2v) is 6.43. The molecule has 0 radical (unpaired) electrons. The Morgan fingerprint density at radius 3 is 2.93 bits per heavy atom. The number of amides is 1. The molecule has 7 nitrogen and oxygen atoms in total. The molecule has 1 amide bonds. The van der Waals surface area contributed by atoms with Gasteiger partial charge in [0.25, 0.3) is 5.91 Å². The topological polar surface area (TPSA) is 84.0 Å². The summed E-state index contributed by atoms with van der Waals surface area (Å²) in [7, 11) is 1.64. The van der Waals surface area contributed by atoms with Crippen LogP contribution in [0.25, 0.3) is 0 Å². The summed E-state index contributed by atoms with van der Waals surface area (Å²) in [5.41, 5.74) is 1.80. The molecule has 1 heterocycles. The quantitative estimate of drug-likeness (QED) is 0.197. The van der Waals surface area contributed by atoms with E-state index in [9.17, 15) is 4.79 Å². The van der Waals surface area contributed by atoms with E-state index in [4.69, 9.17) is 9.47 Å². The fourth-order valence-electron chi connectivity index (χ4n) is 2.83. The van der Waals surface area contributed by atoms with Crippen LogP contribution in [0.1, 0.15) is 35.7 Å². The maximum atomic E-state index is 11.7. The number of carbonyl (C=O) groups excluding carboxylic acids is 1. The summed E-state index contributed by atoms with van der Waals surface area (Å²) >= 11 is 0. The molecule has 1 aliphatic rings. The van der Waals surface area contributed by atoms with Gasteiger partial charge in [-0.25, -0.2) is 0 Å². The standard InChI is InChI=1S/C20H32N4O3.HI/c1-3-22-20(23-10-5-12-27-18-9-13-26-15-18)24-11-8-16-6-4-7-17(14-16)19(25)21-2;/h4,6-7,14,18H,3,5,8-13,15H2,1-2H3,(H,21,25)(H2,22,23,24);1H. The van der Waals surface area contributed by atoms with E-state index in [0.717, 1.165) is 57.0 Å². The van der Waals surface area contributed by atoms with E-state index in [0.29, 0.717) is 18.8 Å². The second kappa shape index (κ2) is 14.6. The molecule has 1 fully saturated rings. The van der Waals surface area contributed by atoms with Gasteiger partial charge >= 0.3 is 0 Å². The van der Waals surface area contributed by atoms with E-state index in [1.807, 2.05) is 31.2 Å². The third kappa shape index (κ3) is 9.20. The Bertz CT molecular complexity index is 607. The molecule has 2 rings (SSSR count). The molecule has 0 aliphatic carbocycles. The first kappa shape index (κ1) is 24.6. The van der Waals surface area contributed by atoms with Crippen molar-refractivity contribution in [3.63, 3.8) is 0 Å². The molecule has 8 heteroatoms. The zero-order chi connectivity index (χ0) is 19.3. The highest BCUT2D eigenvalue weighted by Gasteiger charge is 2.15. The minimum Gasteiger partial charge on any atom is -0.379 e. The zero-order valence-electron chi connectivity index (χ0n) is 16.8. The number of ether oxygens (including phenoxy) is 2. The zero-order valence-corrected chi connectivity index (χ0v) is 19.2. The summed E-state index contributed by atoms with van der Waals surface area (Å²) < 4.78 is 11.1. The minimum absolute atomic E-state index is 0. The van der Waals surface area contributed by atoms with Gasteiger partial charge in [0, 0.05) is 45.5 Å². The number of nitrogens with zero attached hydrogens (tertiary/aromatic N) is 1. The minimum atomic E-state index is -0.0638. The molecule has 28 heavy (non-hydrogen) atoms. The molecule has 1 unspecified atom stereocenters. The maximum Gasteiger partial charge on any atom is 0.251 e. The first-order valence-electron chi connectivity index (χ1n) is 9.75. The lowest BCUT2D eigenvalue weighted by molar-refractivity contribution is 0.0424. The number of halogens is 1. The highest BCUT2D eigenvalue weighted by Crippen LogP contribution is 2.08. The maximum absolute atomic E-state index is 11.7. The highest BCUT2D eigenvalue weighted by atomic mass is 127. The van der Waals surface area contributed by atoms with Gasteiger partial charge in [0.15, 0.2) is 5.96 Å². The van der Waals surface area contributed by atoms with Crippen LogP contribution in [0.3, 0.4) is 0 Å². The third-order valence-corrected chi connectivity index (χ3v) is 4.28. The first-order valence-corrected chi connectivity index (χ1v) is 9.75. The lowest BCUT2D eigenvalue weighted by Gasteiger charge is -2.12. The Hall–Kier alpha value is -1.39. The van der Waals surface area contributed by atoms with Crippen molar-refractivity contribution in [1.29, 1.82) is 0 Å². The van der Waals surface area contributed by atoms with Crippen molar-refractivity contribution < 1.29 is 14.3 Å². The Labute approximate surface area is 185 Å². The number of guanidine groups is 1. The molecule has 1 aliphatic heterocycles. The Morgan fingerprint density at radius 2 is 2.21 bits per heavy atom. The fraction of sp³-hybridized carbons (Fsp3) is 0.600. The fourth-order valence-corrected chi connectivity index (χ4v) is 2.83. The average Bonchev–Trinajstić information content (AvgIpc) is 3.21. The van der Waals surface area contributed by atoms with Crippen LogP contribution in [-0.4, -0.2) is 64.5 Å². The van der Waals surface area contributed by atoms with Crippen molar-refractivity contribution >= 4 is 35.8 Å². The average molecular weight is 504 g/mol. The summed E-state index contributed by atoms with van der Waals surface area (Å²) in [6, 6.07) is 7.69. The van der Waals surface area contributed by atoms with Gasteiger partial charge < -0.3 is 25.4 Å². The Kier molecular flexibility index (Phi) is 12.8. The van der Waals surface area contributed by atoms with Crippen LogP contribution >= 0.6 is 24.0 Å². The number of benzene rings is 1. The molecule has 1 aromatic rings. The number of rotatable bonds is 10. The Balaban J connectivity index is 0.00000392. The molecule has 0 saturated carbocycles. The van der Waals surface area contributed by atoms with Crippen molar-refractivity contribution in [2.45, 2.75) is 32.3 Å². The van der Waals surface area contributed by atoms with Crippen LogP contribution in [0.5, 0.6) is 0 Å². The van der Waals surface area contributed by atoms with Gasteiger partial charge in [-0.2, -0.15) is 0 Å². The van der Waals surface area contributed by atoms with E-state index in [-0.39, 0.29) is 36.0 Å². The van der Waals surface area contributed by atoms with Crippen molar-refractivity contribution in [3.8, 4) is 0 Å². The Morgan fingerprint density at radius 1 is 1.36 bits per heavy atom. The van der Waals surface area contributed by atoms with Crippen LogP contribution < -0.4 is 16.0 Å². The number of carbonyl (C=O) groups is 1. The van der Waals surface area contributed by atoms with Gasteiger partial charge in [0.05, 0.1) is 12.7 Å². The number of hydrogen-bond acceptors (Lipinski definition) is 4. The summed E-state index contributed by atoms with van der Waals surface area (Å²) in [6.45, 7) is 6.57. The van der Waals surface area contributed by atoms with Gasteiger partial charge in [0.2, 0.25) is 0 Å². The van der Waals surface area contributed by atoms with Crippen LogP contribution in [0, 0.1) is 0 Å². The molecule has 1 atom stereocenters. The van der Waals surface area contributed by atoms with Crippen molar-refractivity contribution in [2.75, 3.05) is 46.5 Å². The van der Waals surface area contributed by atoms with E-state index < -0.39 is 0 Å². The smallest absolute Gasteiger partial charge is 0.251 e. The predicted octanol–water partition coefficient (Wildman–Crippen LogP) is 1.96. The molecular weight excluding hydrogens is 471 g/mol. The van der Waals surface area contributed by atoms with Crippen LogP contribution in [0.15, 0.2) is 29.3 Å². The molecule has 0 bridgehead atoms. The van der Waals surface area contributed by atoms with Crippen molar-refractivity contribution in [3.05, 3.63) is 35.4 Å². The molecule has 1 saturated heterocycles. The largest absolute Gasteiger partial charge is 0.379 e. The third-order valence-electron chi connectivity index (χ3n) is 4.28. The molecule has 0 aromatic heterocycles. The van der Waals surface area contributed by atoms with E-state index in [2.05, 4.69) is 20.9 Å². The van der Waals surface area contributed by atoms with Crippen LogP contribution in [-0.2, 0) is 15.9 Å². The van der Waals surface area contributed by atoms with Gasteiger partial charge in [0.1, 0.15) is 0 Å². The molecule has 1 aromatic carbocycles. The number of nitrogens with one attached hydrogen (secondary N) is 3. The van der Waals surface area contributed by atoms with Crippen molar-refractivity contribution in [1.82, 2.24) is 16.0 Å². The summed E-state index contributed by atoms with van der Waals surface area (Å²) in [4.78, 5) is 16.3. The molecule has 0 spiro atoms. The SMILES string of the molecule is CCNC(=NCCCOC1CCOC1)NCCc1cccc(C(=O)NC)c1.I. The predicted molar refractivity (Wildman–Crippen MR) is 123 cm³/mol. The monoisotopic (exact) mass is 504 g/mol. The molecular formula is C20H33IN4O3. The lowest BCUT2D eigenvalue weighted by Crippen LogP contribution is -2.38. The second-order valence-electron chi connectivity index (χ2n) is 6.43. The van der Waals surface area contributed by atoms with Gasteiger partial charge in [-0.05, 0) is 43.9 Å². The van der Waals surface area contributed by atoms with Gasteiger partial charge in [-0.3, -0.25) is 9.79 Å². The van der Waals surface area contributed by atoms with Crippen LogP contribution in [0.4, 0.5) is 0 Å². The number of hydrogen-bond donors (Lipinski definition) is 3. The lowest BCUT2D eigenvalue weighted by atomic mass is 10.1. The summed E-state index contributed by atoms with van der Waals surface area (Å²) in [6.07, 6.45) is 2.96. The summed E-state index contributed by atoms with van der Waals surface area (Å²) in [5, 5.41) is 9.24. The van der Waals surface area contributed by atoms with E-state index in [1.165, 1.54) is 0 Å². The summed E-state index contributed by atoms with van der Waals surface area (Å²) in [5.74, 6) is 0.746. The van der Waals surface area contributed by atoms with Crippen LogP contribution in [0.2, 0.25) is 0 Å². The molecule has 158 valence electrons. The van der Waals surface area contributed by atoms with E-state index in [1.54, 1.807) is 7.05 Å². The first-order chi connectivity index (χ1) is 13.2. The molecule has 3 N–H and O–H groups in total. The van der Waals surface area contributed by atoms with E-state index >= 15 is 0 Å². The number of aliphatic imine (C=N–C) groups is 1. The normalized spacial score (nSPS) is 16.4. The van der Waals surface area contributed by atoms with Gasteiger partial charge in [-0.1, -0.05) is 12.1 Å². The highest BCUT2D eigenvalue weighted by molar-refractivity contribution is 14.0. The van der Waals surface area contributed by atoms with Gasteiger partial charge in [-0.15, -0.1) is 24.0 Å².